The Morgan fingerprint density at radius 2 is 1.80 bits per heavy atom. The van der Waals surface area contributed by atoms with Crippen molar-refractivity contribution < 1.29 is 0 Å². The van der Waals surface area contributed by atoms with Crippen molar-refractivity contribution >= 4 is 0 Å². The second kappa shape index (κ2) is 7.78. The molecule has 3 heteroatoms. The Morgan fingerprint density at radius 1 is 1.05 bits per heavy atom. The van der Waals surface area contributed by atoms with Crippen LogP contribution in [0.5, 0.6) is 0 Å². The molecule has 0 saturated carbocycles. The molecule has 0 aliphatic carbocycles. The maximum absolute atomic E-state index is 4.05. The molecule has 1 N–H and O–H groups in total. The maximum atomic E-state index is 4.05. The summed E-state index contributed by atoms with van der Waals surface area (Å²) < 4.78 is 0. The molecule has 0 spiro atoms. The lowest BCUT2D eigenvalue weighted by Crippen LogP contribution is -2.20. The average Bonchev–Trinajstić information content (AvgIpc) is 2.47. The monoisotopic (exact) mass is 269 g/mol. The van der Waals surface area contributed by atoms with Crippen LogP contribution >= 0.6 is 0 Å². The predicted octanol–water partition coefficient (Wildman–Crippen LogP) is 2.48. The number of nitrogens with zero attached hydrogens (tertiary/aromatic N) is 2. The van der Waals surface area contributed by atoms with Crippen molar-refractivity contribution in [2.75, 3.05) is 20.6 Å². The third kappa shape index (κ3) is 4.76. The second-order valence-electron chi connectivity index (χ2n) is 5.19. The molecule has 1 aromatic heterocycles. The summed E-state index contributed by atoms with van der Waals surface area (Å²) in [5.41, 5.74) is 4.05. The van der Waals surface area contributed by atoms with Crippen molar-refractivity contribution in [3.8, 4) is 0 Å². The minimum Gasteiger partial charge on any atom is -0.316 e. The molecule has 1 heterocycles. The van der Waals surface area contributed by atoms with Crippen LogP contribution in [0.1, 0.15) is 16.7 Å². The number of nitrogens with one attached hydrogen (secondary N) is 1. The summed E-state index contributed by atoms with van der Waals surface area (Å²) in [6.07, 6.45) is 4.78. The lowest BCUT2D eigenvalue weighted by molar-refractivity contribution is 0.331. The first kappa shape index (κ1) is 14.7. The molecule has 20 heavy (non-hydrogen) atoms. The van der Waals surface area contributed by atoms with Crippen LogP contribution in [0.3, 0.4) is 0 Å². The number of benzene rings is 1. The topological polar surface area (TPSA) is 28.2 Å². The average molecular weight is 269 g/mol. The second-order valence-corrected chi connectivity index (χ2v) is 5.19. The number of hydrogen-bond donors (Lipinski definition) is 1. The Balaban J connectivity index is 1.84. The first-order chi connectivity index (χ1) is 9.78. The number of aromatic nitrogens is 1. The maximum Gasteiger partial charge on any atom is 0.0270 e. The zero-order valence-corrected chi connectivity index (χ0v) is 12.3. The van der Waals surface area contributed by atoms with E-state index in [0.717, 1.165) is 26.1 Å². The van der Waals surface area contributed by atoms with Crippen molar-refractivity contribution in [2.45, 2.75) is 19.5 Å². The third-order valence-corrected chi connectivity index (χ3v) is 3.36. The highest BCUT2D eigenvalue weighted by Gasteiger charge is 2.02. The van der Waals surface area contributed by atoms with Crippen LogP contribution in [0.25, 0.3) is 0 Å². The van der Waals surface area contributed by atoms with Gasteiger partial charge in [-0.2, -0.15) is 0 Å². The van der Waals surface area contributed by atoms with Gasteiger partial charge >= 0.3 is 0 Å². The summed E-state index contributed by atoms with van der Waals surface area (Å²) in [7, 11) is 4.15. The molecule has 0 aliphatic rings. The standard InChI is InChI=1S/C17H23N3/c1-18-13-16-4-3-5-17(12-16)14-20(2)11-8-15-6-9-19-10-7-15/h3-7,9-10,12,18H,8,11,13-14H2,1-2H3. The highest BCUT2D eigenvalue weighted by atomic mass is 15.1. The van der Waals surface area contributed by atoms with Gasteiger partial charge < -0.3 is 10.2 Å². The minimum absolute atomic E-state index is 0.925. The summed E-state index contributed by atoms with van der Waals surface area (Å²) in [5.74, 6) is 0. The molecule has 3 nitrogen and oxygen atoms in total. The first-order valence-corrected chi connectivity index (χ1v) is 7.08. The molecular formula is C17H23N3. The smallest absolute Gasteiger partial charge is 0.0270 e. The molecule has 2 rings (SSSR count). The molecule has 0 radical (unpaired) electrons. The Hall–Kier alpha value is -1.71. The molecule has 0 unspecified atom stereocenters. The fraction of sp³-hybridized carbons (Fsp3) is 0.353. The number of likely N-dealkylation sites (N-methyl/N-ethyl adjacent to an activating group) is 1. The van der Waals surface area contributed by atoms with Gasteiger partial charge in [0.2, 0.25) is 0 Å². The van der Waals surface area contributed by atoms with Gasteiger partial charge in [-0.15, -0.1) is 0 Å². The SMILES string of the molecule is CNCc1cccc(CN(C)CCc2ccncc2)c1. The zero-order chi connectivity index (χ0) is 14.2. The van der Waals surface area contributed by atoms with Crippen LogP contribution < -0.4 is 5.32 Å². The molecule has 2 aromatic rings. The highest BCUT2D eigenvalue weighted by Crippen LogP contribution is 2.08. The van der Waals surface area contributed by atoms with E-state index in [4.69, 9.17) is 0 Å². The van der Waals surface area contributed by atoms with Crippen LogP contribution in [0.15, 0.2) is 48.8 Å². The Bertz CT molecular complexity index is 511. The lowest BCUT2D eigenvalue weighted by atomic mass is 10.1. The molecule has 106 valence electrons. The van der Waals surface area contributed by atoms with Gasteiger partial charge in [0, 0.05) is 32.0 Å². The summed E-state index contributed by atoms with van der Waals surface area (Å²) in [5, 5.41) is 3.19. The van der Waals surface area contributed by atoms with Gasteiger partial charge in [-0.1, -0.05) is 24.3 Å². The van der Waals surface area contributed by atoms with E-state index in [1.54, 1.807) is 0 Å². The van der Waals surface area contributed by atoms with Gasteiger partial charge in [0.25, 0.3) is 0 Å². The summed E-state index contributed by atoms with van der Waals surface area (Å²) in [6, 6.07) is 12.9. The van der Waals surface area contributed by atoms with E-state index in [9.17, 15) is 0 Å². The van der Waals surface area contributed by atoms with Gasteiger partial charge in [0.05, 0.1) is 0 Å². The fourth-order valence-corrected chi connectivity index (χ4v) is 2.30. The van der Waals surface area contributed by atoms with Gasteiger partial charge in [0.15, 0.2) is 0 Å². The zero-order valence-electron chi connectivity index (χ0n) is 12.3. The first-order valence-electron chi connectivity index (χ1n) is 7.08. The van der Waals surface area contributed by atoms with Crippen LogP contribution in [0.4, 0.5) is 0 Å². The van der Waals surface area contributed by atoms with E-state index in [1.165, 1.54) is 16.7 Å². The highest BCUT2D eigenvalue weighted by molar-refractivity contribution is 5.23. The van der Waals surface area contributed by atoms with Crippen LogP contribution in [0, 0.1) is 0 Å². The van der Waals surface area contributed by atoms with Crippen LogP contribution in [-0.4, -0.2) is 30.5 Å². The largest absolute Gasteiger partial charge is 0.316 e. The van der Waals surface area contributed by atoms with Crippen molar-refractivity contribution in [3.05, 3.63) is 65.5 Å². The quantitative estimate of drug-likeness (QED) is 0.837. The minimum atomic E-state index is 0.925. The molecule has 0 aliphatic heterocycles. The summed E-state index contributed by atoms with van der Waals surface area (Å²) >= 11 is 0. The number of hydrogen-bond acceptors (Lipinski definition) is 3. The van der Waals surface area contributed by atoms with E-state index in [-0.39, 0.29) is 0 Å². The lowest BCUT2D eigenvalue weighted by Gasteiger charge is -2.17. The molecule has 0 saturated heterocycles. The van der Waals surface area contributed by atoms with Crippen molar-refractivity contribution in [2.24, 2.45) is 0 Å². The third-order valence-electron chi connectivity index (χ3n) is 3.36. The van der Waals surface area contributed by atoms with E-state index < -0.39 is 0 Å². The van der Waals surface area contributed by atoms with Gasteiger partial charge in [0.1, 0.15) is 0 Å². The Morgan fingerprint density at radius 3 is 2.55 bits per heavy atom. The van der Waals surface area contributed by atoms with Crippen LogP contribution in [0.2, 0.25) is 0 Å². The molecule has 0 bridgehead atoms. The van der Waals surface area contributed by atoms with E-state index in [0.29, 0.717) is 0 Å². The molecule has 0 atom stereocenters. The predicted molar refractivity (Wildman–Crippen MR) is 83.5 cm³/mol. The number of rotatable bonds is 7. The fourth-order valence-electron chi connectivity index (χ4n) is 2.30. The molecule has 0 amide bonds. The molecule has 1 aromatic carbocycles. The van der Waals surface area contributed by atoms with E-state index >= 15 is 0 Å². The van der Waals surface area contributed by atoms with E-state index in [1.807, 2.05) is 19.4 Å². The Kier molecular flexibility index (Phi) is 5.71. The molecule has 0 fully saturated rings. The summed E-state index contributed by atoms with van der Waals surface area (Å²) in [4.78, 5) is 6.41. The normalized spacial score (nSPS) is 10.9. The van der Waals surface area contributed by atoms with Crippen molar-refractivity contribution in [1.82, 2.24) is 15.2 Å². The Labute approximate surface area is 121 Å². The molecular weight excluding hydrogens is 246 g/mol. The van der Waals surface area contributed by atoms with Gasteiger partial charge in [-0.25, -0.2) is 0 Å². The van der Waals surface area contributed by atoms with Crippen molar-refractivity contribution in [1.29, 1.82) is 0 Å². The van der Waals surface area contributed by atoms with E-state index in [2.05, 4.69) is 58.6 Å². The number of pyridine rings is 1. The summed E-state index contributed by atoms with van der Waals surface area (Å²) in [6.45, 7) is 2.97. The van der Waals surface area contributed by atoms with Crippen molar-refractivity contribution in [3.63, 3.8) is 0 Å². The van der Waals surface area contributed by atoms with Gasteiger partial charge in [-0.3, -0.25) is 4.98 Å². The van der Waals surface area contributed by atoms with Crippen LogP contribution in [-0.2, 0) is 19.5 Å². The van der Waals surface area contributed by atoms with Gasteiger partial charge in [-0.05, 0) is 49.3 Å².